The number of hydrogen-bond donors (Lipinski definition) is 1. The van der Waals surface area contributed by atoms with Crippen molar-refractivity contribution in [2.24, 2.45) is 0 Å². The van der Waals surface area contributed by atoms with Crippen molar-refractivity contribution in [2.45, 2.75) is 38.8 Å². The van der Waals surface area contributed by atoms with Gasteiger partial charge < -0.3 is 5.32 Å². The molecule has 2 rings (SSSR count). The van der Waals surface area contributed by atoms with Crippen molar-refractivity contribution < 1.29 is 0 Å². The third-order valence-electron chi connectivity index (χ3n) is 2.66. The summed E-state index contributed by atoms with van der Waals surface area (Å²) in [5, 5.41) is 7.76. The Morgan fingerprint density at radius 2 is 2.62 bits per heavy atom. The molecule has 0 aromatic carbocycles. The van der Waals surface area contributed by atoms with Crippen LogP contribution in [0.25, 0.3) is 0 Å². The fourth-order valence-corrected chi connectivity index (χ4v) is 1.90. The van der Waals surface area contributed by atoms with Crippen LogP contribution in [0.15, 0.2) is 12.4 Å². The lowest BCUT2D eigenvalue weighted by molar-refractivity contribution is 0.601. The number of hydrogen-bond acceptors (Lipinski definition) is 2. The zero-order chi connectivity index (χ0) is 9.10. The molecule has 1 aliphatic rings. The Labute approximate surface area is 79.1 Å². The van der Waals surface area contributed by atoms with Gasteiger partial charge in [0.1, 0.15) is 0 Å². The summed E-state index contributed by atoms with van der Waals surface area (Å²) in [5.41, 5.74) is 1.36. The topological polar surface area (TPSA) is 29.9 Å². The van der Waals surface area contributed by atoms with Gasteiger partial charge in [-0.1, -0.05) is 0 Å². The van der Waals surface area contributed by atoms with Gasteiger partial charge in [-0.2, -0.15) is 5.10 Å². The summed E-state index contributed by atoms with van der Waals surface area (Å²) < 4.78 is 1.99. The van der Waals surface area contributed by atoms with Gasteiger partial charge in [0.05, 0.1) is 6.20 Å². The monoisotopic (exact) mass is 179 g/mol. The van der Waals surface area contributed by atoms with E-state index in [0.717, 1.165) is 13.0 Å². The minimum absolute atomic E-state index is 0.689. The summed E-state index contributed by atoms with van der Waals surface area (Å²) in [7, 11) is 0. The molecule has 13 heavy (non-hydrogen) atoms. The summed E-state index contributed by atoms with van der Waals surface area (Å²) in [4.78, 5) is 0. The Hall–Kier alpha value is -0.830. The summed E-state index contributed by atoms with van der Waals surface area (Å²) >= 11 is 0. The zero-order valence-corrected chi connectivity index (χ0v) is 8.16. The third kappa shape index (κ3) is 2.10. The van der Waals surface area contributed by atoms with E-state index in [4.69, 9.17) is 0 Å². The van der Waals surface area contributed by atoms with Gasteiger partial charge in [-0.3, -0.25) is 4.68 Å². The lowest BCUT2D eigenvalue weighted by Gasteiger charge is -2.06. The van der Waals surface area contributed by atoms with Crippen molar-refractivity contribution in [3.63, 3.8) is 0 Å². The first-order valence-electron chi connectivity index (χ1n) is 5.13. The van der Waals surface area contributed by atoms with E-state index < -0.39 is 0 Å². The molecule has 0 saturated carbocycles. The molecule has 0 radical (unpaired) electrons. The van der Waals surface area contributed by atoms with Gasteiger partial charge >= 0.3 is 0 Å². The molecule has 0 aliphatic carbocycles. The van der Waals surface area contributed by atoms with Crippen LogP contribution in [0.3, 0.4) is 0 Å². The average Bonchev–Trinajstić information content (AvgIpc) is 2.76. The number of nitrogens with zero attached hydrogens (tertiary/aromatic N) is 2. The molecule has 3 nitrogen and oxygen atoms in total. The van der Waals surface area contributed by atoms with Crippen LogP contribution in [0, 0.1) is 0 Å². The number of nitrogens with one attached hydrogen (secondary N) is 1. The smallest absolute Gasteiger partial charge is 0.0522 e. The SMILES string of the molecule is CCn1cc(CC2CCCN2)cn1. The summed E-state index contributed by atoms with van der Waals surface area (Å²) in [6.07, 6.45) is 7.92. The summed E-state index contributed by atoms with van der Waals surface area (Å²) in [6, 6.07) is 0.689. The van der Waals surface area contributed by atoms with Crippen LogP contribution in [0.1, 0.15) is 25.3 Å². The molecule has 1 aliphatic heterocycles. The van der Waals surface area contributed by atoms with Crippen LogP contribution in [0.5, 0.6) is 0 Å². The molecule has 0 amide bonds. The Morgan fingerprint density at radius 1 is 1.69 bits per heavy atom. The van der Waals surface area contributed by atoms with Crippen LogP contribution in [0.4, 0.5) is 0 Å². The van der Waals surface area contributed by atoms with Crippen molar-refractivity contribution in [3.8, 4) is 0 Å². The highest BCUT2D eigenvalue weighted by Gasteiger charge is 2.14. The van der Waals surface area contributed by atoms with Crippen molar-refractivity contribution in [1.29, 1.82) is 0 Å². The first-order chi connectivity index (χ1) is 6.38. The second kappa shape index (κ2) is 3.92. The van der Waals surface area contributed by atoms with Crippen LogP contribution in [0.2, 0.25) is 0 Å². The molecule has 72 valence electrons. The molecule has 0 spiro atoms. The average molecular weight is 179 g/mol. The maximum Gasteiger partial charge on any atom is 0.0522 e. The highest BCUT2D eigenvalue weighted by molar-refractivity contribution is 5.06. The van der Waals surface area contributed by atoms with Crippen LogP contribution in [-0.4, -0.2) is 22.4 Å². The minimum Gasteiger partial charge on any atom is -0.314 e. The predicted molar refractivity (Wildman–Crippen MR) is 52.6 cm³/mol. The van der Waals surface area contributed by atoms with Gasteiger partial charge in [-0.15, -0.1) is 0 Å². The Balaban J connectivity index is 1.92. The number of aromatic nitrogens is 2. The maximum atomic E-state index is 4.27. The maximum absolute atomic E-state index is 4.27. The normalized spacial score (nSPS) is 22.4. The first kappa shape index (κ1) is 8.75. The summed E-state index contributed by atoms with van der Waals surface area (Å²) in [5.74, 6) is 0. The fraction of sp³-hybridized carbons (Fsp3) is 0.700. The second-order valence-electron chi connectivity index (χ2n) is 3.70. The lowest BCUT2D eigenvalue weighted by Crippen LogP contribution is -2.23. The Bertz CT molecular complexity index is 261. The van der Waals surface area contributed by atoms with Gasteiger partial charge in [0, 0.05) is 18.8 Å². The molecular weight excluding hydrogens is 162 g/mol. The largest absolute Gasteiger partial charge is 0.314 e. The summed E-state index contributed by atoms with van der Waals surface area (Å²) in [6.45, 7) is 4.27. The molecule has 1 saturated heterocycles. The number of rotatable bonds is 3. The van der Waals surface area contributed by atoms with E-state index >= 15 is 0 Å². The van der Waals surface area contributed by atoms with Crippen molar-refractivity contribution in [3.05, 3.63) is 18.0 Å². The second-order valence-corrected chi connectivity index (χ2v) is 3.70. The molecule has 2 heterocycles. The van der Waals surface area contributed by atoms with E-state index in [1.54, 1.807) is 0 Å². The molecule has 0 bridgehead atoms. The van der Waals surface area contributed by atoms with Crippen molar-refractivity contribution in [1.82, 2.24) is 15.1 Å². The van der Waals surface area contributed by atoms with E-state index in [1.807, 2.05) is 10.9 Å². The van der Waals surface area contributed by atoms with Crippen LogP contribution in [-0.2, 0) is 13.0 Å². The molecule has 1 aromatic rings. The van der Waals surface area contributed by atoms with E-state index in [1.165, 1.54) is 24.9 Å². The highest BCUT2D eigenvalue weighted by Crippen LogP contribution is 2.11. The molecule has 1 unspecified atom stereocenters. The van der Waals surface area contributed by atoms with Gasteiger partial charge in [-0.25, -0.2) is 0 Å². The van der Waals surface area contributed by atoms with Gasteiger partial charge in [-0.05, 0) is 38.3 Å². The van der Waals surface area contributed by atoms with Gasteiger partial charge in [0.2, 0.25) is 0 Å². The predicted octanol–water partition coefficient (Wildman–Crippen LogP) is 1.20. The van der Waals surface area contributed by atoms with E-state index in [9.17, 15) is 0 Å². The highest BCUT2D eigenvalue weighted by atomic mass is 15.3. The van der Waals surface area contributed by atoms with Crippen molar-refractivity contribution in [2.75, 3.05) is 6.54 Å². The molecule has 1 fully saturated rings. The van der Waals surface area contributed by atoms with E-state index in [0.29, 0.717) is 6.04 Å². The molecular formula is C10H17N3. The molecule has 1 aromatic heterocycles. The quantitative estimate of drug-likeness (QED) is 0.755. The Kier molecular flexibility index (Phi) is 2.64. The zero-order valence-electron chi connectivity index (χ0n) is 8.16. The first-order valence-corrected chi connectivity index (χ1v) is 5.13. The van der Waals surface area contributed by atoms with E-state index in [-0.39, 0.29) is 0 Å². The number of aryl methyl sites for hydroxylation is 1. The van der Waals surface area contributed by atoms with Gasteiger partial charge in [0.25, 0.3) is 0 Å². The lowest BCUT2D eigenvalue weighted by atomic mass is 10.1. The van der Waals surface area contributed by atoms with Gasteiger partial charge in [0.15, 0.2) is 0 Å². The Morgan fingerprint density at radius 3 is 3.23 bits per heavy atom. The van der Waals surface area contributed by atoms with Crippen molar-refractivity contribution >= 4 is 0 Å². The minimum atomic E-state index is 0.689. The van der Waals surface area contributed by atoms with E-state index in [2.05, 4.69) is 23.5 Å². The third-order valence-corrected chi connectivity index (χ3v) is 2.66. The van der Waals surface area contributed by atoms with Crippen LogP contribution < -0.4 is 5.32 Å². The van der Waals surface area contributed by atoms with Crippen LogP contribution >= 0.6 is 0 Å². The molecule has 3 heteroatoms. The standard InChI is InChI=1S/C10H17N3/c1-2-13-8-9(7-12-13)6-10-4-3-5-11-10/h7-8,10-11H,2-6H2,1H3. The molecule has 1 atom stereocenters. The fourth-order valence-electron chi connectivity index (χ4n) is 1.90. The molecule has 1 N–H and O–H groups in total.